The molecule has 0 radical (unpaired) electrons. The molecule has 1 aromatic carbocycles. The van der Waals surface area contributed by atoms with Crippen molar-refractivity contribution in [2.75, 3.05) is 20.7 Å². The van der Waals surface area contributed by atoms with E-state index in [1.807, 2.05) is 13.1 Å². The zero-order valence-corrected chi connectivity index (χ0v) is 27.4. The van der Waals surface area contributed by atoms with Gasteiger partial charge in [-0.05, 0) is 58.0 Å². The minimum Gasteiger partial charge on any atom is -0.493 e. The van der Waals surface area contributed by atoms with Crippen LogP contribution in [-0.2, 0) is 59.6 Å². The lowest BCUT2D eigenvalue weighted by Crippen LogP contribution is -2.74. The monoisotopic (exact) mass is 707 g/mol. The number of aliphatic hydroxyl groups excluding tert-OH is 2. The first-order valence-corrected chi connectivity index (χ1v) is 15.6. The van der Waals surface area contributed by atoms with Gasteiger partial charge in [-0.1, -0.05) is 6.07 Å². The van der Waals surface area contributed by atoms with Crippen molar-refractivity contribution in [3.8, 4) is 11.5 Å². The molecule has 2 aliphatic heterocycles. The minimum atomic E-state index is -2.70. The van der Waals surface area contributed by atoms with Crippen molar-refractivity contribution >= 4 is 35.8 Å². The second kappa shape index (κ2) is 13.5. The van der Waals surface area contributed by atoms with E-state index in [1.165, 1.54) is 13.2 Å². The van der Waals surface area contributed by atoms with E-state index in [4.69, 9.17) is 33.9 Å². The van der Waals surface area contributed by atoms with E-state index in [-0.39, 0.29) is 18.2 Å². The molecule has 18 nitrogen and oxygen atoms in total. The second-order valence-corrected chi connectivity index (χ2v) is 12.6. The van der Waals surface area contributed by atoms with Crippen LogP contribution in [0.3, 0.4) is 0 Å². The zero-order chi connectivity index (χ0) is 36.9. The number of carboxylic acid groups (broad SMARTS) is 2. The molecule has 1 fully saturated rings. The second-order valence-electron chi connectivity index (χ2n) is 12.6. The molecule has 2 aliphatic carbocycles. The number of carboxylic acids is 2. The molecule has 2 unspecified atom stereocenters. The molecule has 0 aromatic heterocycles. The fourth-order valence-electron chi connectivity index (χ4n) is 7.18. The van der Waals surface area contributed by atoms with Crippen molar-refractivity contribution in [1.82, 2.24) is 4.90 Å². The van der Waals surface area contributed by atoms with Gasteiger partial charge in [-0.2, -0.15) is 0 Å². The van der Waals surface area contributed by atoms with Crippen molar-refractivity contribution in [2.24, 2.45) is 0 Å². The number of esters is 4. The highest BCUT2D eigenvalue weighted by Gasteiger charge is 2.72. The summed E-state index contributed by atoms with van der Waals surface area (Å²) in [6.45, 7) is 2.61. The van der Waals surface area contributed by atoms with E-state index in [2.05, 4.69) is 9.64 Å². The summed E-state index contributed by atoms with van der Waals surface area (Å²) in [6.07, 6.45) is -10.7. The molecule has 4 aliphatic rings. The maximum atomic E-state index is 13.4. The summed E-state index contributed by atoms with van der Waals surface area (Å²) >= 11 is 0. The average molecular weight is 708 g/mol. The third-order valence-electron chi connectivity index (χ3n) is 9.72. The predicted octanol–water partition coefficient (Wildman–Crippen LogP) is -1.43. The number of benzene rings is 1. The van der Waals surface area contributed by atoms with E-state index < -0.39 is 89.9 Å². The van der Waals surface area contributed by atoms with Crippen molar-refractivity contribution in [1.29, 1.82) is 0 Å². The molecule has 2 bridgehead atoms. The molecule has 5 N–H and O–H groups in total. The van der Waals surface area contributed by atoms with Gasteiger partial charge in [0.25, 0.3) is 0 Å². The van der Waals surface area contributed by atoms with E-state index in [9.17, 15) is 44.1 Å². The first-order valence-electron chi connectivity index (χ1n) is 15.6. The third-order valence-corrected chi connectivity index (χ3v) is 9.72. The van der Waals surface area contributed by atoms with Crippen LogP contribution in [0.25, 0.3) is 0 Å². The largest absolute Gasteiger partial charge is 0.493 e. The Hall–Kier alpha value is -4.78. The number of carbonyl (C=O) groups is 6. The van der Waals surface area contributed by atoms with Gasteiger partial charge >= 0.3 is 35.8 Å². The molecule has 9 atom stereocenters. The Kier molecular flexibility index (Phi) is 9.86. The molecule has 272 valence electrons. The lowest BCUT2D eigenvalue weighted by atomic mass is 9.50. The highest BCUT2D eigenvalue weighted by molar-refractivity contribution is 5.89. The molecule has 1 aromatic rings. The van der Waals surface area contributed by atoms with Gasteiger partial charge in [0.2, 0.25) is 6.10 Å². The van der Waals surface area contributed by atoms with E-state index in [0.29, 0.717) is 30.9 Å². The van der Waals surface area contributed by atoms with Crippen LogP contribution in [0.2, 0.25) is 0 Å². The summed E-state index contributed by atoms with van der Waals surface area (Å²) < 4.78 is 32.1. The number of hydrogen-bond acceptors (Lipinski definition) is 16. The summed E-state index contributed by atoms with van der Waals surface area (Å²) in [6, 6.07) is 3.35. The van der Waals surface area contributed by atoms with Gasteiger partial charge in [0, 0.05) is 18.0 Å². The number of nitrogens with zero attached hydrogens (tertiary/aromatic N) is 1. The standard InChI is InChI=1S/C32H37NO17/c1-13(26(37)38)46-28(41)14(2)47-29(42)18(49-30(43)23(36)22(35)27(39)40)12-20(34)48-17-7-8-32(44)19-11-15-5-6-16(45-4)24-21(15)31(32,25(17)50-24)9-10-33(19)3/h5-7,13-14,18-19,22-23,25,35-36,44H,8-12H2,1-4H3,(H,37,38)(H,39,40)/t13-,14?,18?,19+,22+,23+,25-,31-,32+/m0/s1. The van der Waals surface area contributed by atoms with Crippen LogP contribution in [0.5, 0.6) is 11.5 Å². The first-order chi connectivity index (χ1) is 23.5. The van der Waals surface area contributed by atoms with Crippen LogP contribution in [0, 0.1) is 0 Å². The highest BCUT2D eigenvalue weighted by atomic mass is 16.6. The number of rotatable bonds is 13. The number of aliphatic carboxylic acids is 2. The number of ether oxygens (including phenoxy) is 6. The van der Waals surface area contributed by atoms with Crippen molar-refractivity contribution in [2.45, 2.75) is 93.2 Å². The van der Waals surface area contributed by atoms with Crippen LogP contribution in [0.1, 0.15) is 44.2 Å². The molecular formula is C32H37NO17. The summed E-state index contributed by atoms with van der Waals surface area (Å²) in [5, 5.41) is 49.8. The van der Waals surface area contributed by atoms with Gasteiger partial charge in [0.1, 0.15) is 5.76 Å². The molecule has 0 amide bonds. The number of aliphatic hydroxyl groups is 3. The summed E-state index contributed by atoms with van der Waals surface area (Å²) in [7, 11) is 3.37. The molecular weight excluding hydrogens is 670 g/mol. The highest BCUT2D eigenvalue weighted by Crippen LogP contribution is 2.65. The Bertz CT molecular complexity index is 1640. The van der Waals surface area contributed by atoms with Gasteiger partial charge in [-0.15, -0.1) is 0 Å². The normalized spacial score (nSPS) is 27.5. The maximum Gasteiger partial charge on any atom is 0.348 e. The molecule has 5 rings (SSSR count). The van der Waals surface area contributed by atoms with Gasteiger partial charge in [0.15, 0.2) is 42.0 Å². The Balaban J connectivity index is 1.39. The Morgan fingerprint density at radius 1 is 0.960 bits per heavy atom. The smallest absolute Gasteiger partial charge is 0.348 e. The number of hydrogen-bond donors (Lipinski definition) is 5. The maximum absolute atomic E-state index is 13.4. The van der Waals surface area contributed by atoms with Gasteiger partial charge in [-0.3, -0.25) is 4.79 Å². The molecule has 1 saturated heterocycles. The number of carbonyl (C=O) groups excluding carboxylic acids is 4. The van der Waals surface area contributed by atoms with Crippen molar-refractivity contribution in [3.63, 3.8) is 0 Å². The van der Waals surface area contributed by atoms with Gasteiger partial charge in [-0.25, -0.2) is 24.0 Å². The number of methoxy groups -OCH3 is 1. The van der Waals surface area contributed by atoms with Crippen LogP contribution in [0.4, 0.5) is 0 Å². The van der Waals surface area contributed by atoms with Crippen LogP contribution in [0.15, 0.2) is 24.0 Å². The number of likely N-dealkylation sites (tertiary alicyclic amines) is 1. The van der Waals surface area contributed by atoms with E-state index in [0.717, 1.165) is 25.0 Å². The lowest BCUT2D eigenvalue weighted by molar-refractivity contribution is -0.188. The van der Waals surface area contributed by atoms with Crippen molar-refractivity contribution in [3.05, 3.63) is 35.1 Å². The van der Waals surface area contributed by atoms with Crippen LogP contribution < -0.4 is 9.47 Å². The predicted molar refractivity (Wildman–Crippen MR) is 160 cm³/mol. The van der Waals surface area contributed by atoms with E-state index in [1.54, 1.807) is 6.07 Å². The number of piperidine rings is 1. The van der Waals surface area contributed by atoms with Crippen LogP contribution in [-0.4, -0.2) is 135 Å². The minimum absolute atomic E-state index is 0.0199. The molecule has 50 heavy (non-hydrogen) atoms. The van der Waals surface area contributed by atoms with Crippen molar-refractivity contribution < 1.29 is 82.7 Å². The number of likely N-dealkylation sites (N-methyl/N-ethyl adjacent to an activating group) is 1. The summed E-state index contributed by atoms with van der Waals surface area (Å²) in [5.74, 6) is -8.64. The Labute approximate surface area is 284 Å². The SMILES string of the molecule is COc1ccc2c3c1O[C@H]1C(OC(=O)CC(OC(=O)[C@H](O)[C@@H](O)C(=O)O)C(=O)OC(C)C(=O)O[C@@H](C)C(=O)O)=CC[C@@]4(O)[C@@H](C2)N(C)CC[C@]314. The summed E-state index contributed by atoms with van der Waals surface area (Å²) in [5.41, 5.74) is -0.720. The Morgan fingerprint density at radius 2 is 1.64 bits per heavy atom. The topological polar surface area (TPSA) is 262 Å². The molecule has 18 heteroatoms. The van der Waals surface area contributed by atoms with Gasteiger partial charge < -0.3 is 58.9 Å². The molecule has 1 spiro atoms. The fourth-order valence-corrected chi connectivity index (χ4v) is 7.18. The van der Waals surface area contributed by atoms with Gasteiger partial charge in [0.05, 0.1) is 24.5 Å². The average Bonchev–Trinajstić information content (AvgIpc) is 3.42. The lowest BCUT2D eigenvalue weighted by Gasteiger charge is -2.61. The summed E-state index contributed by atoms with van der Waals surface area (Å²) in [4.78, 5) is 75.5. The molecule has 2 heterocycles. The quantitative estimate of drug-likeness (QED) is 0.116. The fraction of sp³-hybridized carbons (Fsp3) is 0.562. The molecule has 0 saturated carbocycles. The Morgan fingerprint density at radius 3 is 2.28 bits per heavy atom. The van der Waals surface area contributed by atoms with E-state index >= 15 is 0 Å². The third kappa shape index (κ3) is 6.01. The zero-order valence-electron chi connectivity index (χ0n) is 27.4. The first kappa shape index (κ1) is 36.5. The van der Waals surface area contributed by atoms with Crippen LogP contribution >= 0.6 is 0 Å².